The molecule has 0 unspecified atom stereocenters. The summed E-state index contributed by atoms with van der Waals surface area (Å²) in [6, 6.07) is 16.2. The molecule has 0 atom stereocenters. The lowest BCUT2D eigenvalue weighted by Crippen LogP contribution is -2.35. The van der Waals surface area contributed by atoms with E-state index in [4.69, 9.17) is 27.9 Å². The lowest BCUT2D eigenvalue weighted by molar-refractivity contribution is -0.132. The van der Waals surface area contributed by atoms with Crippen molar-refractivity contribution in [3.8, 4) is 0 Å². The summed E-state index contributed by atoms with van der Waals surface area (Å²) in [7, 11) is 0. The molecule has 3 rings (SSSR count). The first-order valence-corrected chi connectivity index (χ1v) is 10.1. The minimum Gasteiger partial charge on any atom is -0.452 e. The molecule has 1 heterocycles. The maximum absolute atomic E-state index is 12.4. The standard InChI is InChI=1S/C22H19Cl2N3O4/c1-14-20(21(24)27(26-14)12-16-9-5-6-10-17(16)23)22(30)31-13-19(29)25-18(28)11-15-7-3-2-4-8-15/h2-10H,11-13H2,1H3,(H,25,28,29). The molecule has 0 aliphatic carbocycles. The van der Waals surface area contributed by atoms with E-state index >= 15 is 0 Å². The first-order valence-electron chi connectivity index (χ1n) is 9.35. The van der Waals surface area contributed by atoms with Crippen molar-refractivity contribution in [2.24, 2.45) is 0 Å². The Morgan fingerprint density at radius 1 is 1.00 bits per heavy atom. The Morgan fingerprint density at radius 3 is 2.39 bits per heavy atom. The molecular weight excluding hydrogens is 441 g/mol. The van der Waals surface area contributed by atoms with Gasteiger partial charge < -0.3 is 4.74 Å². The zero-order valence-corrected chi connectivity index (χ0v) is 18.1. The fourth-order valence-electron chi connectivity index (χ4n) is 2.90. The first-order chi connectivity index (χ1) is 14.8. The highest BCUT2D eigenvalue weighted by atomic mass is 35.5. The number of nitrogens with zero attached hydrogens (tertiary/aromatic N) is 2. The predicted molar refractivity (Wildman–Crippen MR) is 116 cm³/mol. The van der Waals surface area contributed by atoms with Gasteiger partial charge in [0, 0.05) is 5.02 Å². The Bertz CT molecular complexity index is 1110. The van der Waals surface area contributed by atoms with Gasteiger partial charge in [-0.15, -0.1) is 0 Å². The van der Waals surface area contributed by atoms with Crippen LogP contribution in [0.15, 0.2) is 54.6 Å². The van der Waals surface area contributed by atoms with Gasteiger partial charge in [-0.25, -0.2) is 9.48 Å². The van der Waals surface area contributed by atoms with Crippen LogP contribution in [0.5, 0.6) is 0 Å². The van der Waals surface area contributed by atoms with Crippen LogP contribution in [0.3, 0.4) is 0 Å². The molecule has 2 amide bonds. The summed E-state index contributed by atoms with van der Waals surface area (Å²) in [5.41, 5.74) is 1.95. The molecule has 2 aromatic carbocycles. The second-order valence-electron chi connectivity index (χ2n) is 6.71. The Morgan fingerprint density at radius 2 is 1.68 bits per heavy atom. The molecule has 0 fully saturated rings. The number of esters is 1. The van der Waals surface area contributed by atoms with Gasteiger partial charge in [0.05, 0.1) is 18.7 Å². The van der Waals surface area contributed by atoms with Crippen LogP contribution in [0.1, 0.15) is 27.2 Å². The average Bonchev–Trinajstić information content (AvgIpc) is 3.01. The molecule has 0 radical (unpaired) electrons. The highest BCUT2D eigenvalue weighted by Gasteiger charge is 2.23. The van der Waals surface area contributed by atoms with E-state index in [1.165, 1.54) is 4.68 Å². The molecule has 0 bridgehead atoms. The van der Waals surface area contributed by atoms with Crippen LogP contribution < -0.4 is 5.32 Å². The Kier molecular flexibility index (Phi) is 7.44. The molecular formula is C22H19Cl2N3O4. The van der Waals surface area contributed by atoms with Crippen LogP contribution in [-0.2, 0) is 27.3 Å². The Hall–Kier alpha value is -3.16. The number of amides is 2. The molecule has 0 saturated carbocycles. The maximum atomic E-state index is 12.4. The van der Waals surface area contributed by atoms with Gasteiger partial charge in [-0.2, -0.15) is 5.10 Å². The van der Waals surface area contributed by atoms with Crippen molar-refractivity contribution in [3.05, 3.63) is 87.2 Å². The van der Waals surface area contributed by atoms with E-state index in [9.17, 15) is 14.4 Å². The third-order valence-electron chi connectivity index (χ3n) is 4.37. The molecule has 7 nitrogen and oxygen atoms in total. The van der Waals surface area contributed by atoms with Gasteiger partial charge >= 0.3 is 5.97 Å². The van der Waals surface area contributed by atoms with Crippen LogP contribution in [0.25, 0.3) is 0 Å². The Labute approximate surface area is 188 Å². The van der Waals surface area contributed by atoms with Crippen LogP contribution in [0, 0.1) is 6.92 Å². The lowest BCUT2D eigenvalue weighted by Gasteiger charge is -2.07. The number of hydrogen-bond acceptors (Lipinski definition) is 5. The molecule has 0 spiro atoms. The summed E-state index contributed by atoms with van der Waals surface area (Å²) in [6.45, 7) is 1.25. The minimum absolute atomic E-state index is 0.0419. The molecule has 1 aromatic heterocycles. The molecule has 160 valence electrons. The first kappa shape index (κ1) is 22.5. The summed E-state index contributed by atoms with van der Waals surface area (Å²) in [6.07, 6.45) is 0.0419. The number of benzene rings is 2. The molecule has 0 aliphatic rings. The van der Waals surface area contributed by atoms with Crippen molar-refractivity contribution in [2.75, 3.05) is 6.61 Å². The minimum atomic E-state index is -0.807. The SMILES string of the molecule is Cc1nn(Cc2ccccc2Cl)c(Cl)c1C(=O)OCC(=O)NC(=O)Cc1ccccc1. The van der Waals surface area contributed by atoms with Crippen molar-refractivity contribution < 1.29 is 19.1 Å². The number of aromatic nitrogens is 2. The van der Waals surface area contributed by atoms with Crippen LogP contribution >= 0.6 is 23.2 Å². The summed E-state index contributed by atoms with van der Waals surface area (Å²) in [4.78, 5) is 36.3. The van der Waals surface area contributed by atoms with Gasteiger partial charge in [0.1, 0.15) is 10.7 Å². The van der Waals surface area contributed by atoms with E-state index in [0.717, 1.165) is 11.1 Å². The van der Waals surface area contributed by atoms with Crippen molar-refractivity contribution in [1.29, 1.82) is 0 Å². The number of ether oxygens (including phenoxy) is 1. The fourth-order valence-corrected chi connectivity index (χ4v) is 3.41. The van der Waals surface area contributed by atoms with Crippen LogP contribution in [-0.4, -0.2) is 34.2 Å². The molecule has 9 heteroatoms. The number of imide groups is 1. The summed E-state index contributed by atoms with van der Waals surface area (Å²) in [5.74, 6) is -2.03. The lowest BCUT2D eigenvalue weighted by atomic mass is 10.1. The number of nitrogens with one attached hydrogen (secondary N) is 1. The third kappa shape index (κ3) is 5.93. The van der Waals surface area contributed by atoms with Crippen molar-refractivity contribution in [3.63, 3.8) is 0 Å². The Balaban J connectivity index is 1.58. The van der Waals surface area contributed by atoms with Crippen molar-refractivity contribution in [1.82, 2.24) is 15.1 Å². The zero-order valence-electron chi connectivity index (χ0n) is 16.6. The molecule has 0 aliphatic heterocycles. The number of carbonyl (C=O) groups excluding carboxylic acids is 3. The number of hydrogen-bond donors (Lipinski definition) is 1. The van der Waals surface area contributed by atoms with E-state index in [2.05, 4.69) is 10.4 Å². The monoisotopic (exact) mass is 459 g/mol. The second-order valence-corrected chi connectivity index (χ2v) is 7.48. The average molecular weight is 460 g/mol. The van der Waals surface area contributed by atoms with Gasteiger partial charge in [0.2, 0.25) is 5.91 Å². The van der Waals surface area contributed by atoms with Crippen LogP contribution in [0.2, 0.25) is 10.2 Å². The van der Waals surface area contributed by atoms with Crippen molar-refractivity contribution in [2.45, 2.75) is 19.9 Å². The summed E-state index contributed by atoms with van der Waals surface area (Å²) < 4.78 is 6.45. The number of rotatable bonds is 7. The normalized spacial score (nSPS) is 10.5. The van der Waals surface area contributed by atoms with E-state index in [0.29, 0.717) is 10.7 Å². The summed E-state index contributed by atoms with van der Waals surface area (Å²) >= 11 is 12.5. The largest absolute Gasteiger partial charge is 0.452 e. The smallest absolute Gasteiger partial charge is 0.343 e. The van der Waals surface area contributed by atoms with E-state index < -0.39 is 24.4 Å². The van der Waals surface area contributed by atoms with Gasteiger partial charge in [0.15, 0.2) is 6.61 Å². The highest BCUT2D eigenvalue weighted by molar-refractivity contribution is 6.33. The maximum Gasteiger partial charge on any atom is 0.343 e. The number of carbonyl (C=O) groups is 3. The number of halogens is 2. The van der Waals surface area contributed by atoms with Crippen LogP contribution in [0.4, 0.5) is 0 Å². The predicted octanol–water partition coefficient (Wildman–Crippen LogP) is 3.59. The molecule has 1 N–H and O–H groups in total. The zero-order chi connectivity index (χ0) is 22.4. The van der Waals surface area contributed by atoms with Crippen molar-refractivity contribution >= 4 is 41.0 Å². The van der Waals surface area contributed by atoms with Gasteiger partial charge in [-0.05, 0) is 24.1 Å². The second kappa shape index (κ2) is 10.2. The quantitative estimate of drug-likeness (QED) is 0.545. The number of aryl methyl sites for hydroxylation is 1. The fraction of sp³-hybridized carbons (Fsp3) is 0.182. The van der Waals surface area contributed by atoms with E-state index in [1.54, 1.807) is 43.3 Å². The van der Waals surface area contributed by atoms with E-state index in [1.807, 2.05) is 18.2 Å². The molecule has 31 heavy (non-hydrogen) atoms. The van der Waals surface area contributed by atoms with Gasteiger partial charge in [-0.3, -0.25) is 14.9 Å². The highest BCUT2D eigenvalue weighted by Crippen LogP contribution is 2.24. The molecule has 0 saturated heterocycles. The molecule has 3 aromatic rings. The van der Waals surface area contributed by atoms with E-state index in [-0.39, 0.29) is 23.7 Å². The van der Waals surface area contributed by atoms with Gasteiger partial charge in [-0.1, -0.05) is 71.7 Å². The summed E-state index contributed by atoms with van der Waals surface area (Å²) in [5, 5.41) is 7.07. The third-order valence-corrected chi connectivity index (χ3v) is 5.12. The van der Waals surface area contributed by atoms with Gasteiger partial charge in [0.25, 0.3) is 5.91 Å². The topological polar surface area (TPSA) is 90.3 Å².